The number of fused-ring (bicyclic) bond motifs is 1. The lowest BCUT2D eigenvalue weighted by Crippen LogP contribution is -2.44. The Balaban J connectivity index is 1.49. The number of amides is 5. The van der Waals surface area contributed by atoms with E-state index in [2.05, 4.69) is 10.6 Å². The summed E-state index contributed by atoms with van der Waals surface area (Å²) in [5.41, 5.74) is 1.35. The van der Waals surface area contributed by atoms with Crippen LogP contribution in [-0.4, -0.2) is 73.1 Å². The number of aliphatic hydroxyl groups is 1. The second-order valence-electron chi connectivity index (χ2n) is 12.1. The lowest BCUT2D eigenvalue weighted by atomic mass is 10.1. The number of halogens is 3. The number of nitrogens with one attached hydrogen (secondary N) is 2. The molecule has 11 nitrogen and oxygen atoms in total. The van der Waals surface area contributed by atoms with Crippen molar-refractivity contribution in [2.75, 3.05) is 47.2 Å². The minimum Gasteiger partial charge on any atom is -0.368 e. The van der Waals surface area contributed by atoms with Crippen molar-refractivity contribution in [1.29, 1.82) is 0 Å². The van der Waals surface area contributed by atoms with Crippen LogP contribution in [0, 0.1) is 12.8 Å². The Bertz CT molecular complexity index is 1660. The van der Waals surface area contributed by atoms with E-state index in [1.807, 2.05) is 32.9 Å². The number of para-hydroxylation sites is 1. The van der Waals surface area contributed by atoms with E-state index < -0.39 is 48.5 Å². The van der Waals surface area contributed by atoms with Gasteiger partial charge in [-0.25, -0.2) is 9.69 Å². The summed E-state index contributed by atoms with van der Waals surface area (Å²) in [4.78, 5) is 54.0. The number of alkyl halides is 3. The molecule has 262 valence electrons. The summed E-state index contributed by atoms with van der Waals surface area (Å²) in [6, 6.07) is 15.6. The first-order valence-corrected chi connectivity index (χ1v) is 15.8. The maximum Gasteiger partial charge on any atom is 0.491 e. The maximum absolute atomic E-state index is 14.4. The third kappa shape index (κ3) is 9.80. The SMILES string of the molecule is Cc1ccccc1NC(=O)Nc1ccc(CC(=O)N(c2ccc3c(c2)C(=O)N(CCC(O)OCCC(C)C)CC(=O)N3C)C(F)(F)F)cc1. The highest BCUT2D eigenvalue weighted by Crippen LogP contribution is 2.35. The van der Waals surface area contributed by atoms with Crippen LogP contribution in [0.3, 0.4) is 0 Å². The van der Waals surface area contributed by atoms with Crippen molar-refractivity contribution in [3.05, 3.63) is 83.4 Å². The Morgan fingerprint density at radius 1 is 1.00 bits per heavy atom. The van der Waals surface area contributed by atoms with Gasteiger partial charge in [-0.2, -0.15) is 0 Å². The predicted octanol–water partition coefficient (Wildman–Crippen LogP) is 5.92. The Hall–Kier alpha value is -4.95. The third-order valence-electron chi connectivity index (χ3n) is 7.93. The Morgan fingerprint density at radius 2 is 1.69 bits per heavy atom. The second kappa shape index (κ2) is 16.0. The molecule has 1 aliphatic heterocycles. The Morgan fingerprint density at radius 3 is 2.35 bits per heavy atom. The number of hydrogen-bond acceptors (Lipinski definition) is 6. The van der Waals surface area contributed by atoms with E-state index >= 15 is 0 Å². The van der Waals surface area contributed by atoms with Crippen LogP contribution in [-0.2, 0) is 20.7 Å². The quantitative estimate of drug-likeness (QED) is 0.160. The molecule has 3 aromatic carbocycles. The van der Waals surface area contributed by atoms with Gasteiger partial charge in [-0.15, -0.1) is 13.2 Å². The summed E-state index contributed by atoms with van der Waals surface area (Å²) < 4.78 is 48.6. The standard InChI is InChI=1S/C35H40F3N5O6/c1-22(2)16-18-49-32(46)15-17-42-21-31(45)41(4)29-14-13-26(20-27(29)33(42)47)43(35(36,37)38)30(44)19-24-9-11-25(12-10-24)39-34(48)40-28-8-6-5-7-23(28)3/h5-14,20,22,32,46H,15-19,21H2,1-4H3,(H2,39,40,48). The fourth-order valence-corrected chi connectivity index (χ4v) is 5.13. The number of aliphatic hydroxyl groups excluding tert-OH is 1. The molecular formula is C35H40F3N5O6. The normalized spacial score (nSPS) is 14.0. The van der Waals surface area contributed by atoms with Crippen molar-refractivity contribution in [3.63, 3.8) is 0 Å². The lowest BCUT2D eigenvalue weighted by Gasteiger charge is -2.27. The van der Waals surface area contributed by atoms with E-state index in [-0.39, 0.29) is 41.2 Å². The molecule has 0 bridgehead atoms. The summed E-state index contributed by atoms with van der Waals surface area (Å²) in [6.07, 6.45) is -6.29. The van der Waals surface area contributed by atoms with Gasteiger partial charge in [0.25, 0.3) is 5.91 Å². The molecule has 0 aliphatic carbocycles. The number of likely N-dealkylation sites (N-methyl/N-ethyl adjacent to an activating group) is 1. The fraction of sp³-hybridized carbons (Fsp3) is 0.371. The number of anilines is 4. The zero-order valence-corrected chi connectivity index (χ0v) is 27.7. The van der Waals surface area contributed by atoms with Crippen LogP contribution < -0.4 is 20.4 Å². The number of urea groups is 1. The number of ether oxygens (including phenoxy) is 1. The van der Waals surface area contributed by atoms with Crippen LogP contribution >= 0.6 is 0 Å². The van der Waals surface area contributed by atoms with Crippen LogP contribution in [0.15, 0.2) is 66.7 Å². The van der Waals surface area contributed by atoms with Crippen molar-refractivity contribution < 1.29 is 42.2 Å². The number of nitrogens with zero attached hydrogens (tertiary/aromatic N) is 3. The fourth-order valence-electron chi connectivity index (χ4n) is 5.13. The summed E-state index contributed by atoms with van der Waals surface area (Å²) in [7, 11) is 1.40. The van der Waals surface area contributed by atoms with Crippen LogP contribution in [0.25, 0.3) is 0 Å². The molecule has 1 unspecified atom stereocenters. The molecule has 0 spiro atoms. The van der Waals surface area contributed by atoms with Gasteiger partial charge < -0.3 is 30.3 Å². The number of carbonyl (C=O) groups excluding carboxylic acids is 4. The molecule has 0 fully saturated rings. The first-order valence-electron chi connectivity index (χ1n) is 15.8. The highest BCUT2D eigenvalue weighted by atomic mass is 19.4. The molecule has 0 saturated heterocycles. The molecule has 49 heavy (non-hydrogen) atoms. The smallest absolute Gasteiger partial charge is 0.368 e. The molecule has 14 heteroatoms. The van der Waals surface area contributed by atoms with E-state index in [0.29, 0.717) is 30.3 Å². The summed E-state index contributed by atoms with van der Waals surface area (Å²) in [5, 5.41) is 15.6. The molecule has 5 amide bonds. The highest BCUT2D eigenvalue weighted by Gasteiger charge is 2.43. The molecule has 1 heterocycles. The predicted molar refractivity (Wildman–Crippen MR) is 179 cm³/mol. The van der Waals surface area contributed by atoms with Crippen molar-refractivity contribution in [2.45, 2.75) is 52.6 Å². The summed E-state index contributed by atoms with van der Waals surface area (Å²) in [6.45, 7) is 5.68. The molecular weight excluding hydrogens is 643 g/mol. The van der Waals surface area contributed by atoms with Crippen molar-refractivity contribution in [3.8, 4) is 0 Å². The lowest BCUT2D eigenvalue weighted by molar-refractivity contribution is -0.149. The average Bonchev–Trinajstić information content (AvgIpc) is 3.11. The van der Waals surface area contributed by atoms with Crippen LogP contribution in [0.2, 0.25) is 0 Å². The van der Waals surface area contributed by atoms with Gasteiger partial charge in [0, 0.05) is 38.0 Å². The van der Waals surface area contributed by atoms with E-state index in [4.69, 9.17) is 4.74 Å². The second-order valence-corrected chi connectivity index (χ2v) is 12.1. The molecule has 1 atom stereocenters. The van der Waals surface area contributed by atoms with Crippen LogP contribution in [0.1, 0.15) is 48.2 Å². The Kier molecular flexibility index (Phi) is 12.0. The molecule has 1 aliphatic rings. The molecule has 4 rings (SSSR count). The molecule has 3 aromatic rings. The van der Waals surface area contributed by atoms with Gasteiger partial charge in [0.15, 0.2) is 6.29 Å². The van der Waals surface area contributed by atoms with Gasteiger partial charge in [0.2, 0.25) is 11.8 Å². The number of carbonyl (C=O) groups is 4. The topological polar surface area (TPSA) is 132 Å². The largest absolute Gasteiger partial charge is 0.491 e. The van der Waals surface area contributed by atoms with Crippen molar-refractivity contribution in [2.24, 2.45) is 5.92 Å². The van der Waals surface area contributed by atoms with Crippen LogP contribution in [0.4, 0.5) is 40.7 Å². The maximum atomic E-state index is 14.4. The number of rotatable bonds is 12. The first kappa shape index (κ1) is 36.9. The van der Waals surface area contributed by atoms with E-state index in [0.717, 1.165) is 22.6 Å². The number of aryl methyl sites for hydroxylation is 1. The minimum atomic E-state index is -5.15. The van der Waals surface area contributed by atoms with E-state index in [1.165, 1.54) is 42.3 Å². The van der Waals surface area contributed by atoms with E-state index in [1.54, 1.807) is 12.1 Å². The van der Waals surface area contributed by atoms with Gasteiger partial charge in [0.05, 0.1) is 23.4 Å². The van der Waals surface area contributed by atoms with E-state index in [9.17, 15) is 37.5 Å². The molecule has 3 N–H and O–H groups in total. The molecule has 0 radical (unpaired) electrons. The van der Waals surface area contributed by atoms with Crippen molar-refractivity contribution >= 4 is 46.5 Å². The highest BCUT2D eigenvalue weighted by molar-refractivity contribution is 6.10. The number of benzene rings is 3. The molecule has 0 saturated carbocycles. The average molecular weight is 684 g/mol. The monoisotopic (exact) mass is 683 g/mol. The summed E-state index contributed by atoms with van der Waals surface area (Å²) >= 11 is 0. The van der Waals surface area contributed by atoms with Gasteiger partial charge in [-0.05, 0) is 66.8 Å². The molecule has 0 aromatic heterocycles. The Labute approximate surface area is 282 Å². The zero-order chi connectivity index (χ0) is 35.9. The summed E-state index contributed by atoms with van der Waals surface area (Å²) in [5.74, 6) is -2.17. The van der Waals surface area contributed by atoms with Crippen LogP contribution in [0.5, 0.6) is 0 Å². The minimum absolute atomic E-state index is 0.0192. The first-order chi connectivity index (χ1) is 23.1. The third-order valence-corrected chi connectivity index (χ3v) is 7.93. The number of hydrogen-bond donors (Lipinski definition) is 3. The van der Waals surface area contributed by atoms with Gasteiger partial charge in [0.1, 0.15) is 6.54 Å². The van der Waals surface area contributed by atoms with Crippen molar-refractivity contribution in [1.82, 2.24) is 4.90 Å². The zero-order valence-electron chi connectivity index (χ0n) is 27.7. The van der Waals surface area contributed by atoms with Gasteiger partial charge >= 0.3 is 12.3 Å². The van der Waals surface area contributed by atoms with Gasteiger partial charge in [-0.1, -0.05) is 44.2 Å². The van der Waals surface area contributed by atoms with Gasteiger partial charge in [-0.3, -0.25) is 14.4 Å².